The van der Waals surface area contributed by atoms with Gasteiger partial charge in [0.2, 0.25) is 0 Å². The molecule has 2 nitrogen and oxygen atoms in total. The maximum absolute atomic E-state index is 5.87. The second-order valence-corrected chi connectivity index (χ2v) is 4.69. The van der Waals surface area contributed by atoms with Gasteiger partial charge in [-0.1, -0.05) is 49.9 Å². The first-order valence-electron chi connectivity index (χ1n) is 6.79. The van der Waals surface area contributed by atoms with Crippen molar-refractivity contribution in [2.24, 2.45) is 0 Å². The van der Waals surface area contributed by atoms with Crippen molar-refractivity contribution in [3.05, 3.63) is 54.6 Å². The van der Waals surface area contributed by atoms with Crippen molar-refractivity contribution in [2.45, 2.75) is 13.3 Å². The Morgan fingerprint density at radius 3 is 2.79 bits per heavy atom. The number of fused-ring (bicyclic) bond motifs is 1. The summed E-state index contributed by atoms with van der Waals surface area (Å²) in [6.07, 6.45) is 1.14. The van der Waals surface area contributed by atoms with Crippen molar-refractivity contribution in [3.8, 4) is 5.75 Å². The Labute approximate surface area is 115 Å². The first-order chi connectivity index (χ1) is 9.31. The molecule has 19 heavy (non-hydrogen) atoms. The minimum absolute atomic E-state index is 0.560. The third-order valence-corrected chi connectivity index (χ3v) is 2.98. The Hall–Kier alpha value is -1.80. The molecule has 1 N–H and O–H groups in total. The summed E-state index contributed by atoms with van der Waals surface area (Å²) in [5.74, 6) is 0.926. The van der Waals surface area contributed by atoms with E-state index >= 15 is 0 Å². The molecular formula is C17H21NO. The van der Waals surface area contributed by atoms with E-state index in [1.54, 1.807) is 0 Å². The molecule has 0 spiro atoms. The van der Waals surface area contributed by atoms with E-state index in [9.17, 15) is 0 Å². The molecule has 100 valence electrons. The van der Waals surface area contributed by atoms with Gasteiger partial charge >= 0.3 is 0 Å². The van der Waals surface area contributed by atoms with E-state index in [1.165, 1.54) is 5.39 Å². The Bertz CT molecular complexity index is 542. The molecule has 2 rings (SSSR count). The third kappa shape index (κ3) is 3.83. The van der Waals surface area contributed by atoms with Crippen LogP contribution in [0, 0.1) is 0 Å². The van der Waals surface area contributed by atoms with Crippen LogP contribution in [0.15, 0.2) is 54.6 Å². The summed E-state index contributed by atoms with van der Waals surface area (Å²) >= 11 is 0. The predicted molar refractivity (Wildman–Crippen MR) is 81.7 cm³/mol. The normalized spacial score (nSPS) is 10.6. The largest absolute Gasteiger partial charge is 0.489 e. The van der Waals surface area contributed by atoms with E-state index in [0.29, 0.717) is 6.61 Å². The van der Waals surface area contributed by atoms with Gasteiger partial charge in [-0.05, 0) is 30.0 Å². The second-order valence-electron chi connectivity index (χ2n) is 4.69. The molecule has 0 heterocycles. The van der Waals surface area contributed by atoms with Crippen LogP contribution in [0.3, 0.4) is 0 Å². The highest BCUT2D eigenvalue weighted by Gasteiger charge is 2.02. The van der Waals surface area contributed by atoms with Gasteiger partial charge in [0, 0.05) is 11.9 Å². The first-order valence-corrected chi connectivity index (χ1v) is 6.79. The van der Waals surface area contributed by atoms with Gasteiger partial charge in [0.15, 0.2) is 0 Å². The average Bonchev–Trinajstić information content (AvgIpc) is 2.45. The van der Waals surface area contributed by atoms with Gasteiger partial charge in [0.05, 0.1) is 0 Å². The average molecular weight is 255 g/mol. The van der Waals surface area contributed by atoms with Gasteiger partial charge in [-0.3, -0.25) is 0 Å². The Morgan fingerprint density at radius 2 is 1.95 bits per heavy atom. The van der Waals surface area contributed by atoms with Crippen LogP contribution < -0.4 is 10.1 Å². The summed E-state index contributed by atoms with van der Waals surface area (Å²) in [7, 11) is 0. The fourth-order valence-corrected chi connectivity index (χ4v) is 1.99. The Kier molecular flexibility index (Phi) is 4.99. The minimum Gasteiger partial charge on any atom is -0.489 e. The van der Waals surface area contributed by atoms with Gasteiger partial charge in [-0.25, -0.2) is 0 Å². The SMILES string of the molecule is C=C(CNCCC)COc1cccc2ccccc12. The summed E-state index contributed by atoms with van der Waals surface area (Å²) in [5.41, 5.74) is 1.07. The van der Waals surface area contributed by atoms with Crippen LogP contribution in [0.1, 0.15) is 13.3 Å². The molecule has 0 fully saturated rings. The fourth-order valence-electron chi connectivity index (χ4n) is 1.99. The molecule has 0 aliphatic heterocycles. The summed E-state index contributed by atoms with van der Waals surface area (Å²) < 4.78 is 5.87. The van der Waals surface area contributed by atoms with E-state index < -0.39 is 0 Å². The van der Waals surface area contributed by atoms with Crippen molar-refractivity contribution in [3.63, 3.8) is 0 Å². The lowest BCUT2D eigenvalue weighted by Crippen LogP contribution is -2.20. The summed E-state index contributed by atoms with van der Waals surface area (Å²) in [6, 6.07) is 14.4. The molecule has 0 aromatic heterocycles. The van der Waals surface area contributed by atoms with Crippen LogP contribution in [-0.2, 0) is 0 Å². The molecule has 0 amide bonds. The lowest BCUT2D eigenvalue weighted by molar-refractivity contribution is 0.352. The van der Waals surface area contributed by atoms with Crippen molar-refractivity contribution >= 4 is 10.8 Å². The zero-order valence-electron chi connectivity index (χ0n) is 11.5. The molecule has 0 saturated carbocycles. The molecule has 0 saturated heterocycles. The number of ether oxygens (including phenoxy) is 1. The fraction of sp³-hybridized carbons (Fsp3) is 0.294. The van der Waals surface area contributed by atoms with Crippen molar-refractivity contribution < 1.29 is 4.74 Å². The van der Waals surface area contributed by atoms with Gasteiger partial charge in [-0.2, -0.15) is 0 Å². The smallest absolute Gasteiger partial charge is 0.127 e. The number of hydrogen-bond acceptors (Lipinski definition) is 2. The molecule has 0 atom stereocenters. The zero-order valence-corrected chi connectivity index (χ0v) is 11.5. The minimum atomic E-state index is 0.560. The Morgan fingerprint density at radius 1 is 1.16 bits per heavy atom. The predicted octanol–water partition coefficient (Wildman–Crippen LogP) is 3.77. The van der Waals surface area contributed by atoms with Gasteiger partial charge < -0.3 is 10.1 Å². The molecule has 0 aliphatic carbocycles. The summed E-state index contributed by atoms with van der Waals surface area (Å²) in [5, 5.41) is 5.68. The maximum atomic E-state index is 5.87. The molecule has 2 aromatic rings. The molecular weight excluding hydrogens is 234 g/mol. The van der Waals surface area contributed by atoms with E-state index in [0.717, 1.165) is 36.2 Å². The van der Waals surface area contributed by atoms with Gasteiger partial charge in [0.1, 0.15) is 12.4 Å². The lowest BCUT2D eigenvalue weighted by Gasteiger charge is -2.11. The van der Waals surface area contributed by atoms with Gasteiger partial charge in [0.25, 0.3) is 0 Å². The van der Waals surface area contributed by atoms with Crippen molar-refractivity contribution in [2.75, 3.05) is 19.7 Å². The van der Waals surface area contributed by atoms with Crippen molar-refractivity contribution in [1.29, 1.82) is 0 Å². The number of rotatable bonds is 7. The standard InChI is InChI=1S/C17H21NO/c1-3-11-18-12-14(2)13-19-17-10-6-8-15-7-4-5-9-16(15)17/h4-10,18H,2-3,11-13H2,1H3. The topological polar surface area (TPSA) is 21.3 Å². The number of nitrogens with one attached hydrogen (secondary N) is 1. The highest BCUT2D eigenvalue weighted by Crippen LogP contribution is 2.25. The quantitative estimate of drug-likeness (QED) is 0.600. The van der Waals surface area contributed by atoms with Crippen LogP contribution in [0.4, 0.5) is 0 Å². The molecule has 0 bridgehead atoms. The molecule has 2 aromatic carbocycles. The van der Waals surface area contributed by atoms with E-state index in [1.807, 2.05) is 24.3 Å². The van der Waals surface area contributed by atoms with Crippen molar-refractivity contribution in [1.82, 2.24) is 5.32 Å². The monoisotopic (exact) mass is 255 g/mol. The third-order valence-electron chi connectivity index (χ3n) is 2.98. The van der Waals surface area contributed by atoms with Gasteiger partial charge in [-0.15, -0.1) is 0 Å². The van der Waals surface area contributed by atoms with E-state index in [4.69, 9.17) is 4.74 Å². The summed E-state index contributed by atoms with van der Waals surface area (Å²) in [4.78, 5) is 0. The lowest BCUT2D eigenvalue weighted by atomic mass is 10.1. The Balaban J connectivity index is 1.96. The molecule has 0 aliphatic rings. The maximum Gasteiger partial charge on any atom is 0.127 e. The number of benzene rings is 2. The van der Waals surface area contributed by atoms with Crippen LogP contribution in [-0.4, -0.2) is 19.7 Å². The molecule has 2 heteroatoms. The zero-order chi connectivity index (χ0) is 13.5. The number of hydrogen-bond donors (Lipinski definition) is 1. The van der Waals surface area contributed by atoms with E-state index in [-0.39, 0.29) is 0 Å². The van der Waals surface area contributed by atoms with Crippen LogP contribution in [0.5, 0.6) is 5.75 Å². The first kappa shape index (κ1) is 13.6. The van der Waals surface area contributed by atoms with Crippen LogP contribution in [0.25, 0.3) is 10.8 Å². The van der Waals surface area contributed by atoms with Crippen LogP contribution in [0.2, 0.25) is 0 Å². The highest BCUT2D eigenvalue weighted by molar-refractivity contribution is 5.88. The molecule has 0 unspecified atom stereocenters. The summed E-state index contributed by atoms with van der Waals surface area (Å²) in [6.45, 7) is 8.59. The highest BCUT2D eigenvalue weighted by atomic mass is 16.5. The van der Waals surface area contributed by atoms with E-state index in [2.05, 4.69) is 37.0 Å². The second kappa shape index (κ2) is 6.95. The van der Waals surface area contributed by atoms with Crippen LogP contribution >= 0.6 is 0 Å². The molecule has 0 radical (unpaired) electrons.